The molecule has 0 bridgehead atoms. The van der Waals surface area contributed by atoms with E-state index >= 15 is 0 Å². The molecular formula is C23H31NO4. The summed E-state index contributed by atoms with van der Waals surface area (Å²) in [5.74, 6) is 1.26. The third-order valence-electron chi connectivity index (χ3n) is 4.33. The van der Waals surface area contributed by atoms with Crippen LogP contribution in [0.4, 0.5) is 5.69 Å². The third-order valence-corrected chi connectivity index (χ3v) is 4.33. The Labute approximate surface area is 167 Å². The molecule has 0 atom stereocenters. The fourth-order valence-corrected chi connectivity index (χ4v) is 2.70. The van der Waals surface area contributed by atoms with Gasteiger partial charge in [-0.2, -0.15) is 0 Å². The minimum absolute atomic E-state index is 0.0509. The van der Waals surface area contributed by atoms with Crippen LogP contribution >= 0.6 is 0 Å². The summed E-state index contributed by atoms with van der Waals surface area (Å²) < 4.78 is 11.6. The first-order valence-corrected chi connectivity index (χ1v) is 10.0. The second-order valence-corrected chi connectivity index (χ2v) is 6.92. The molecule has 2 aromatic carbocycles. The number of anilines is 1. The van der Waals surface area contributed by atoms with Gasteiger partial charge in [0.15, 0.2) is 0 Å². The molecule has 5 heteroatoms. The summed E-state index contributed by atoms with van der Waals surface area (Å²) in [6.07, 6.45) is 4.18. The molecule has 1 amide bonds. The fourth-order valence-electron chi connectivity index (χ4n) is 2.70. The van der Waals surface area contributed by atoms with Gasteiger partial charge in [0.2, 0.25) is 5.91 Å². The van der Waals surface area contributed by atoms with E-state index in [4.69, 9.17) is 9.47 Å². The maximum Gasteiger partial charge on any atom is 0.229 e. The van der Waals surface area contributed by atoms with Crippen molar-refractivity contribution in [2.24, 2.45) is 0 Å². The van der Waals surface area contributed by atoms with E-state index in [1.807, 2.05) is 25.1 Å². The van der Waals surface area contributed by atoms with Gasteiger partial charge in [0.1, 0.15) is 17.2 Å². The molecule has 2 aromatic rings. The average molecular weight is 386 g/mol. The molecule has 0 saturated heterocycles. The highest BCUT2D eigenvalue weighted by Gasteiger charge is 2.13. The normalized spacial score (nSPS) is 10.5. The number of rotatable bonds is 11. The molecule has 2 rings (SSSR count). The molecular weight excluding hydrogens is 354 g/mol. The molecule has 0 radical (unpaired) electrons. The van der Waals surface area contributed by atoms with Crippen molar-refractivity contribution in [2.45, 2.75) is 52.9 Å². The Morgan fingerprint density at radius 1 is 1.00 bits per heavy atom. The van der Waals surface area contributed by atoms with Crippen LogP contribution < -0.4 is 14.8 Å². The van der Waals surface area contributed by atoms with E-state index in [0.29, 0.717) is 24.7 Å². The number of nitrogens with one attached hydrogen (secondary N) is 1. The first-order chi connectivity index (χ1) is 13.5. The number of carbonyl (C=O) groups is 1. The van der Waals surface area contributed by atoms with Crippen molar-refractivity contribution in [1.82, 2.24) is 0 Å². The van der Waals surface area contributed by atoms with Gasteiger partial charge in [0.25, 0.3) is 0 Å². The summed E-state index contributed by atoms with van der Waals surface area (Å²) in [4.78, 5) is 12.6. The quantitative estimate of drug-likeness (QED) is 0.410. The van der Waals surface area contributed by atoms with Crippen LogP contribution in [0.25, 0.3) is 0 Å². The number of hydrogen-bond acceptors (Lipinski definition) is 4. The van der Waals surface area contributed by atoms with Gasteiger partial charge in [-0.1, -0.05) is 32.8 Å². The molecule has 5 nitrogen and oxygen atoms in total. The molecule has 0 aliphatic carbocycles. The highest BCUT2D eigenvalue weighted by atomic mass is 16.5. The zero-order valence-corrected chi connectivity index (χ0v) is 17.1. The lowest BCUT2D eigenvalue weighted by Gasteiger charge is -2.14. The SMILES string of the molecule is CCCCOc1ccc(OCCCC)c(CC(=O)Nc2cc(C)ccc2O)c1. The molecule has 28 heavy (non-hydrogen) atoms. The smallest absolute Gasteiger partial charge is 0.229 e. The maximum atomic E-state index is 12.6. The Bertz CT molecular complexity index is 773. The van der Waals surface area contributed by atoms with Gasteiger partial charge in [-0.05, 0) is 55.7 Å². The second-order valence-electron chi connectivity index (χ2n) is 6.92. The Hall–Kier alpha value is -2.69. The fraction of sp³-hybridized carbons (Fsp3) is 0.435. The molecule has 0 aromatic heterocycles. The predicted octanol–water partition coefficient (Wildman–Crippen LogP) is 5.24. The topological polar surface area (TPSA) is 67.8 Å². The van der Waals surface area contributed by atoms with Gasteiger partial charge in [-0.25, -0.2) is 0 Å². The van der Waals surface area contributed by atoms with E-state index in [-0.39, 0.29) is 18.1 Å². The number of aromatic hydroxyl groups is 1. The molecule has 2 N–H and O–H groups in total. The Balaban J connectivity index is 2.13. The van der Waals surface area contributed by atoms with Crippen molar-refractivity contribution in [2.75, 3.05) is 18.5 Å². The highest BCUT2D eigenvalue weighted by molar-refractivity contribution is 5.94. The minimum atomic E-state index is -0.216. The average Bonchev–Trinajstić information content (AvgIpc) is 2.66. The van der Waals surface area contributed by atoms with Crippen LogP contribution in [0, 0.1) is 6.92 Å². The first kappa shape index (κ1) is 21.6. The Morgan fingerprint density at radius 3 is 2.43 bits per heavy atom. The van der Waals surface area contributed by atoms with Gasteiger partial charge in [-0.15, -0.1) is 0 Å². The number of unbranched alkanes of at least 4 members (excludes halogenated alkanes) is 2. The van der Waals surface area contributed by atoms with E-state index in [9.17, 15) is 9.90 Å². The van der Waals surface area contributed by atoms with Gasteiger partial charge in [0.05, 0.1) is 25.3 Å². The monoisotopic (exact) mass is 385 g/mol. The van der Waals surface area contributed by atoms with E-state index in [1.54, 1.807) is 18.2 Å². The molecule has 0 saturated carbocycles. The van der Waals surface area contributed by atoms with Crippen molar-refractivity contribution < 1.29 is 19.4 Å². The predicted molar refractivity (Wildman–Crippen MR) is 112 cm³/mol. The van der Waals surface area contributed by atoms with Gasteiger partial charge < -0.3 is 19.9 Å². The van der Waals surface area contributed by atoms with Crippen LogP contribution in [-0.4, -0.2) is 24.2 Å². The van der Waals surface area contributed by atoms with Crippen LogP contribution in [-0.2, 0) is 11.2 Å². The van der Waals surface area contributed by atoms with Crippen molar-refractivity contribution in [3.63, 3.8) is 0 Å². The van der Waals surface area contributed by atoms with Crippen LogP contribution in [0.1, 0.15) is 50.7 Å². The zero-order chi connectivity index (χ0) is 20.4. The summed E-state index contributed by atoms with van der Waals surface area (Å²) in [7, 11) is 0. The summed E-state index contributed by atoms with van der Waals surface area (Å²) >= 11 is 0. The lowest BCUT2D eigenvalue weighted by Crippen LogP contribution is -2.15. The Morgan fingerprint density at radius 2 is 1.71 bits per heavy atom. The van der Waals surface area contributed by atoms with Crippen LogP contribution in [0.2, 0.25) is 0 Å². The molecule has 0 aliphatic rings. The number of amides is 1. The maximum absolute atomic E-state index is 12.6. The van der Waals surface area contributed by atoms with Crippen LogP contribution in [0.5, 0.6) is 17.2 Å². The number of benzene rings is 2. The zero-order valence-electron chi connectivity index (χ0n) is 17.1. The van der Waals surface area contributed by atoms with E-state index < -0.39 is 0 Å². The van der Waals surface area contributed by atoms with Gasteiger partial charge >= 0.3 is 0 Å². The summed E-state index contributed by atoms with van der Waals surface area (Å²) in [6.45, 7) is 7.39. The molecule has 0 aliphatic heterocycles. The number of phenols is 1. The third kappa shape index (κ3) is 6.80. The summed E-state index contributed by atoms with van der Waals surface area (Å²) in [6, 6.07) is 10.7. The van der Waals surface area contributed by atoms with Crippen molar-refractivity contribution >= 4 is 11.6 Å². The van der Waals surface area contributed by atoms with Crippen LogP contribution in [0.3, 0.4) is 0 Å². The summed E-state index contributed by atoms with van der Waals surface area (Å²) in [5, 5.41) is 12.7. The van der Waals surface area contributed by atoms with Crippen molar-refractivity contribution in [3.8, 4) is 17.2 Å². The largest absolute Gasteiger partial charge is 0.506 e. The number of carbonyl (C=O) groups excluding carboxylic acids is 1. The first-order valence-electron chi connectivity index (χ1n) is 10.0. The van der Waals surface area contributed by atoms with Crippen molar-refractivity contribution in [1.29, 1.82) is 0 Å². The van der Waals surface area contributed by atoms with E-state index in [0.717, 1.165) is 42.6 Å². The second kappa shape index (κ2) is 11.2. The number of aryl methyl sites for hydroxylation is 1. The number of ether oxygens (including phenoxy) is 2. The van der Waals surface area contributed by atoms with E-state index in [2.05, 4.69) is 19.2 Å². The lowest BCUT2D eigenvalue weighted by atomic mass is 10.1. The van der Waals surface area contributed by atoms with Crippen LogP contribution in [0.15, 0.2) is 36.4 Å². The van der Waals surface area contributed by atoms with Gasteiger partial charge in [0, 0.05) is 5.56 Å². The molecule has 0 unspecified atom stereocenters. The summed E-state index contributed by atoms with van der Waals surface area (Å²) in [5.41, 5.74) is 2.14. The highest BCUT2D eigenvalue weighted by Crippen LogP contribution is 2.27. The number of phenolic OH excluding ortho intramolecular Hbond substituents is 1. The lowest BCUT2D eigenvalue weighted by molar-refractivity contribution is -0.115. The van der Waals surface area contributed by atoms with Gasteiger partial charge in [-0.3, -0.25) is 4.79 Å². The molecule has 0 fully saturated rings. The van der Waals surface area contributed by atoms with E-state index in [1.165, 1.54) is 0 Å². The molecule has 0 spiro atoms. The number of hydrogen-bond donors (Lipinski definition) is 2. The molecule has 152 valence electrons. The molecule has 0 heterocycles. The Kier molecular flexibility index (Phi) is 8.66. The minimum Gasteiger partial charge on any atom is -0.506 e. The standard InChI is InChI=1S/C23H31NO4/c1-4-6-12-27-19-9-11-22(28-13-7-5-2)18(15-19)16-23(26)24-20-14-17(3)8-10-21(20)25/h8-11,14-15,25H,4-7,12-13,16H2,1-3H3,(H,24,26). The van der Waals surface area contributed by atoms with Crippen molar-refractivity contribution in [3.05, 3.63) is 47.5 Å².